The summed E-state index contributed by atoms with van der Waals surface area (Å²) in [4.78, 5) is 22.7. The predicted octanol–water partition coefficient (Wildman–Crippen LogP) is 2.68. The average Bonchev–Trinajstić information content (AvgIpc) is 3.24. The minimum absolute atomic E-state index is 0. The highest BCUT2D eigenvalue weighted by atomic mass is 127. The maximum atomic E-state index is 14.0. The first-order valence-electron chi connectivity index (χ1n) is 10.1. The molecule has 0 aromatic heterocycles. The molecule has 0 bridgehead atoms. The van der Waals surface area contributed by atoms with Gasteiger partial charge in [-0.05, 0) is 31.9 Å². The van der Waals surface area contributed by atoms with E-state index in [1.165, 1.54) is 12.1 Å². The van der Waals surface area contributed by atoms with Gasteiger partial charge in [0, 0.05) is 58.3 Å². The highest BCUT2D eigenvalue weighted by Gasteiger charge is 2.22. The van der Waals surface area contributed by atoms with Gasteiger partial charge in [-0.1, -0.05) is 0 Å². The van der Waals surface area contributed by atoms with Crippen LogP contribution in [0.2, 0.25) is 0 Å². The first-order chi connectivity index (χ1) is 13.6. The second kappa shape index (κ2) is 11.5. The normalized spacial score (nSPS) is 17.3. The lowest BCUT2D eigenvalue weighted by Crippen LogP contribution is -2.52. The van der Waals surface area contributed by atoms with Crippen LogP contribution in [-0.2, 0) is 4.79 Å². The topological polar surface area (TPSA) is 51.2 Å². The number of piperazine rings is 1. The molecule has 2 fully saturated rings. The quantitative estimate of drug-likeness (QED) is 0.368. The van der Waals surface area contributed by atoms with Crippen LogP contribution in [0.25, 0.3) is 0 Å². The Morgan fingerprint density at radius 2 is 1.76 bits per heavy atom. The van der Waals surface area contributed by atoms with Crippen molar-refractivity contribution in [3.8, 4) is 0 Å². The van der Waals surface area contributed by atoms with Gasteiger partial charge in [0.05, 0.1) is 12.2 Å². The molecule has 1 aromatic carbocycles. The van der Waals surface area contributed by atoms with E-state index in [0.717, 1.165) is 44.5 Å². The number of guanidine groups is 1. The molecule has 162 valence electrons. The molecular weight excluding hydrogens is 491 g/mol. The molecule has 3 rings (SSSR count). The van der Waals surface area contributed by atoms with Crippen molar-refractivity contribution < 1.29 is 13.6 Å². The molecular formula is C20H30F2IN5O. The van der Waals surface area contributed by atoms with Crippen LogP contribution in [-0.4, -0.2) is 74.0 Å². The molecule has 1 N–H and O–H groups in total. The molecule has 2 saturated heterocycles. The van der Waals surface area contributed by atoms with Crippen LogP contribution >= 0.6 is 24.0 Å². The highest BCUT2D eigenvalue weighted by molar-refractivity contribution is 14.0. The summed E-state index contributed by atoms with van der Waals surface area (Å²) in [6.45, 7) is 7.39. The van der Waals surface area contributed by atoms with Gasteiger partial charge in [0.25, 0.3) is 0 Å². The van der Waals surface area contributed by atoms with E-state index >= 15 is 0 Å². The highest BCUT2D eigenvalue weighted by Crippen LogP contribution is 2.22. The van der Waals surface area contributed by atoms with E-state index in [0.29, 0.717) is 44.8 Å². The third-order valence-electron chi connectivity index (χ3n) is 5.21. The number of carbonyl (C=O) groups excluding carboxylic acids is 1. The van der Waals surface area contributed by atoms with Crippen LogP contribution in [0.4, 0.5) is 14.5 Å². The molecule has 2 heterocycles. The number of nitrogens with one attached hydrogen (secondary N) is 1. The van der Waals surface area contributed by atoms with Gasteiger partial charge >= 0.3 is 0 Å². The van der Waals surface area contributed by atoms with E-state index < -0.39 is 11.6 Å². The fourth-order valence-corrected chi connectivity index (χ4v) is 3.70. The maximum absolute atomic E-state index is 14.0. The molecule has 2 aliphatic heterocycles. The monoisotopic (exact) mass is 521 g/mol. The molecule has 0 aliphatic carbocycles. The zero-order chi connectivity index (χ0) is 19.9. The molecule has 9 heteroatoms. The van der Waals surface area contributed by atoms with E-state index in [1.807, 2.05) is 16.7 Å². The van der Waals surface area contributed by atoms with Crippen molar-refractivity contribution in [2.24, 2.45) is 4.99 Å². The Labute approximate surface area is 188 Å². The number of amides is 1. The summed E-state index contributed by atoms with van der Waals surface area (Å²) in [6, 6.07) is 3.54. The number of halogens is 3. The fourth-order valence-electron chi connectivity index (χ4n) is 3.70. The Morgan fingerprint density at radius 3 is 2.41 bits per heavy atom. The van der Waals surface area contributed by atoms with Crippen LogP contribution in [0.15, 0.2) is 23.2 Å². The largest absolute Gasteiger partial charge is 0.366 e. The number of aliphatic imine (C=N–C) groups is 1. The third-order valence-corrected chi connectivity index (χ3v) is 5.21. The van der Waals surface area contributed by atoms with Gasteiger partial charge in [-0.2, -0.15) is 0 Å². The summed E-state index contributed by atoms with van der Waals surface area (Å²) < 4.78 is 27.5. The number of hydrogen-bond donors (Lipinski definition) is 1. The van der Waals surface area contributed by atoms with Gasteiger partial charge in [0.2, 0.25) is 5.91 Å². The first kappa shape index (κ1) is 23.6. The summed E-state index contributed by atoms with van der Waals surface area (Å²) in [5.74, 6) is 0.104. The molecule has 0 spiro atoms. The Bertz CT molecular complexity index is 704. The second-order valence-electron chi connectivity index (χ2n) is 7.14. The van der Waals surface area contributed by atoms with E-state index in [-0.39, 0.29) is 29.9 Å². The van der Waals surface area contributed by atoms with Gasteiger partial charge in [-0.15, -0.1) is 24.0 Å². The summed E-state index contributed by atoms with van der Waals surface area (Å²) in [5.41, 5.74) is 0.304. The molecule has 0 atom stereocenters. The lowest BCUT2D eigenvalue weighted by Gasteiger charge is -2.37. The van der Waals surface area contributed by atoms with Gasteiger partial charge in [-0.3, -0.25) is 9.79 Å². The van der Waals surface area contributed by atoms with E-state index in [9.17, 15) is 13.6 Å². The number of nitrogens with zero attached hydrogens (tertiary/aromatic N) is 4. The van der Waals surface area contributed by atoms with Gasteiger partial charge in [0.1, 0.15) is 11.6 Å². The Morgan fingerprint density at radius 1 is 1.07 bits per heavy atom. The van der Waals surface area contributed by atoms with Crippen LogP contribution in [0, 0.1) is 11.6 Å². The Balaban J connectivity index is 0.00000300. The lowest BCUT2D eigenvalue weighted by atomic mass is 10.2. The molecule has 0 radical (unpaired) electrons. The van der Waals surface area contributed by atoms with Gasteiger partial charge in [0.15, 0.2) is 5.96 Å². The number of benzene rings is 1. The van der Waals surface area contributed by atoms with Crippen LogP contribution in [0.1, 0.15) is 26.2 Å². The molecule has 0 unspecified atom stereocenters. The zero-order valence-corrected chi connectivity index (χ0v) is 19.2. The van der Waals surface area contributed by atoms with E-state index in [2.05, 4.69) is 15.2 Å². The van der Waals surface area contributed by atoms with Gasteiger partial charge < -0.3 is 20.0 Å². The molecule has 1 amide bonds. The second-order valence-corrected chi connectivity index (χ2v) is 7.14. The van der Waals surface area contributed by atoms with E-state index in [4.69, 9.17) is 0 Å². The number of anilines is 1. The molecule has 6 nitrogen and oxygen atoms in total. The van der Waals surface area contributed by atoms with Crippen molar-refractivity contribution in [3.05, 3.63) is 29.8 Å². The van der Waals surface area contributed by atoms with Crippen molar-refractivity contribution in [3.63, 3.8) is 0 Å². The SMILES string of the molecule is CCNC(=NCCC(=O)N1CCCC1)N1CCN(c2cc(F)ccc2F)CC1.I. The first-order valence-corrected chi connectivity index (χ1v) is 10.1. The van der Waals surface area contributed by atoms with E-state index in [1.54, 1.807) is 0 Å². The molecule has 0 saturated carbocycles. The van der Waals surface area contributed by atoms with Gasteiger partial charge in [-0.25, -0.2) is 8.78 Å². The number of rotatable bonds is 5. The summed E-state index contributed by atoms with van der Waals surface area (Å²) in [6.07, 6.45) is 2.60. The summed E-state index contributed by atoms with van der Waals surface area (Å²) in [7, 11) is 0. The third kappa shape index (κ3) is 6.42. The smallest absolute Gasteiger partial charge is 0.224 e. The number of carbonyl (C=O) groups is 1. The molecule has 2 aliphatic rings. The number of hydrogen-bond acceptors (Lipinski definition) is 3. The lowest BCUT2D eigenvalue weighted by molar-refractivity contribution is -0.129. The van der Waals surface area contributed by atoms with Crippen molar-refractivity contribution >= 4 is 41.5 Å². The van der Waals surface area contributed by atoms with Crippen molar-refractivity contribution in [1.82, 2.24) is 15.1 Å². The average molecular weight is 521 g/mol. The minimum atomic E-state index is -0.434. The van der Waals surface area contributed by atoms with Crippen molar-refractivity contribution in [2.45, 2.75) is 26.2 Å². The summed E-state index contributed by atoms with van der Waals surface area (Å²) >= 11 is 0. The Hall–Kier alpha value is -1.65. The summed E-state index contributed by atoms with van der Waals surface area (Å²) in [5, 5.41) is 3.27. The van der Waals surface area contributed by atoms with Crippen LogP contribution in [0.3, 0.4) is 0 Å². The predicted molar refractivity (Wildman–Crippen MR) is 122 cm³/mol. The van der Waals surface area contributed by atoms with Crippen molar-refractivity contribution in [1.29, 1.82) is 0 Å². The molecule has 29 heavy (non-hydrogen) atoms. The standard InChI is InChI=1S/C20H29F2N5O.HI/c1-2-23-20(24-8-7-19(28)26-9-3-4-10-26)27-13-11-25(12-14-27)18-15-16(21)5-6-17(18)22;/h5-6,15H,2-4,7-14H2,1H3,(H,23,24);1H. The minimum Gasteiger partial charge on any atom is -0.366 e. The fraction of sp³-hybridized carbons (Fsp3) is 0.600. The zero-order valence-electron chi connectivity index (χ0n) is 16.9. The van der Waals surface area contributed by atoms with Crippen LogP contribution < -0.4 is 10.2 Å². The number of likely N-dealkylation sites (tertiary alicyclic amines) is 1. The van der Waals surface area contributed by atoms with Crippen LogP contribution in [0.5, 0.6) is 0 Å². The maximum Gasteiger partial charge on any atom is 0.224 e. The Kier molecular flexibility index (Phi) is 9.38. The van der Waals surface area contributed by atoms with Crippen molar-refractivity contribution in [2.75, 3.05) is 57.3 Å². The molecule has 1 aromatic rings.